The summed E-state index contributed by atoms with van der Waals surface area (Å²) in [4.78, 5) is 14.3. The summed E-state index contributed by atoms with van der Waals surface area (Å²) in [7, 11) is 0. The standard InChI is InChI=1S/C21H26F2N2O4/c1-13(2)9-19(26)14-5-7-25(8-6-14)21(27)18-11-16(29-24-18)12-28-20-4-3-15(22)10-17(20)23/h3-4,10-11,13-14,19,26H,5-9,12H2,1-2H3/t19-/m0/s1. The second kappa shape index (κ2) is 9.35. The van der Waals surface area contributed by atoms with Crippen molar-refractivity contribution in [1.29, 1.82) is 0 Å². The SMILES string of the molecule is CC(C)C[C@H](O)C1CCN(C(=O)c2cc(COc3ccc(F)cc3F)on2)CC1. The van der Waals surface area contributed by atoms with Crippen molar-refractivity contribution >= 4 is 5.91 Å². The molecule has 0 radical (unpaired) electrons. The van der Waals surface area contributed by atoms with Crippen LogP contribution in [0.1, 0.15) is 49.4 Å². The first-order chi connectivity index (χ1) is 13.8. The molecule has 0 unspecified atom stereocenters. The van der Waals surface area contributed by atoms with Gasteiger partial charge in [0.15, 0.2) is 23.0 Å². The molecule has 1 aromatic heterocycles. The predicted octanol–water partition coefficient (Wildman–Crippen LogP) is 3.79. The first-order valence-electron chi connectivity index (χ1n) is 9.84. The van der Waals surface area contributed by atoms with Gasteiger partial charge in [-0.1, -0.05) is 19.0 Å². The summed E-state index contributed by atoms with van der Waals surface area (Å²) in [6, 6.07) is 4.47. The number of carbonyl (C=O) groups is 1. The van der Waals surface area contributed by atoms with Crippen molar-refractivity contribution in [2.45, 2.75) is 45.8 Å². The lowest BCUT2D eigenvalue weighted by Crippen LogP contribution is -2.41. The monoisotopic (exact) mass is 408 g/mol. The highest BCUT2D eigenvalue weighted by Crippen LogP contribution is 2.25. The van der Waals surface area contributed by atoms with Gasteiger partial charge in [0.25, 0.3) is 5.91 Å². The number of aromatic nitrogens is 1. The van der Waals surface area contributed by atoms with E-state index in [1.165, 1.54) is 12.1 Å². The molecule has 0 bridgehead atoms. The molecule has 2 heterocycles. The third-order valence-electron chi connectivity index (χ3n) is 5.13. The zero-order chi connectivity index (χ0) is 21.0. The minimum Gasteiger partial charge on any atom is -0.482 e. The average Bonchev–Trinajstić information content (AvgIpc) is 3.15. The van der Waals surface area contributed by atoms with E-state index in [9.17, 15) is 18.7 Å². The van der Waals surface area contributed by atoms with Crippen LogP contribution in [-0.2, 0) is 6.61 Å². The molecule has 0 saturated carbocycles. The smallest absolute Gasteiger partial charge is 0.276 e. The van der Waals surface area contributed by atoms with Gasteiger partial charge in [-0.05, 0) is 43.2 Å². The molecule has 3 rings (SSSR count). The topological polar surface area (TPSA) is 75.8 Å². The zero-order valence-electron chi connectivity index (χ0n) is 16.6. The fraction of sp³-hybridized carbons (Fsp3) is 0.524. The second-order valence-electron chi connectivity index (χ2n) is 7.87. The van der Waals surface area contributed by atoms with Gasteiger partial charge in [-0.2, -0.15) is 0 Å². The van der Waals surface area contributed by atoms with Crippen molar-refractivity contribution < 1.29 is 27.9 Å². The number of benzene rings is 1. The van der Waals surface area contributed by atoms with Crippen LogP contribution in [0.2, 0.25) is 0 Å². The maximum absolute atomic E-state index is 13.6. The van der Waals surface area contributed by atoms with Crippen LogP contribution >= 0.6 is 0 Å². The van der Waals surface area contributed by atoms with Crippen molar-refractivity contribution in [3.8, 4) is 5.75 Å². The Balaban J connectivity index is 1.52. The van der Waals surface area contributed by atoms with Gasteiger partial charge < -0.3 is 19.3 Å². The highest BCUT2D eigenvalue weighted by molar-refractivity contribution is 5.92. The van der Waals surface area contributed by atoms with E-state index in [1.54, 1.807) is 4.90 Å². The molecule has 158 valence electrons. The van der Waals surface area contributed by atoms with Crippen molar-refractivity contribution in [1.82, 2.24) is 10.1 Å². The summed E-state index contributed by atoms with van der Waals surface area (Å²) < 4.78 is 36.9. The number of hydrogen-bond acceptors (Lipinski definition) is 5. The van der Waals surface area contributed by atoms with E-state index in [1.807, 2.05) is 0 Å². The van der Waals surface area contributed by atoms with Gasteiger partial charge in [-0.3, -0.25) is 4.79 Å². The largest absolute Gasteiger partial charge is 0.482 e. The minimum absolute atomic E-state index is 0.113. The van der Waals surface area contributed by atoms with Gasteiger partial charge in [-0.15, -0.1) is 0 Å². The Morgan fingerprint density at radius 1 is 1.31 bits per heavy atom. The first kappa shape index (κ1) is 21.2. The molecule has 6 nitrogen and oxygen atoms in total. The molecule has 1 N–H and O–H groups in total. The summed E-state index contributed by atoms with van der Waals surface area (Å²) in [6.07, 6.45) is 1.92. The van der Waals surface area contributed by atoms with Gasteiger partial charge >= 0.3 is 0 Å². The Bertz CT molecular complexity index is 832. The van der Waals surface area contributed by atoms with Crippen molar-refractivity contribution in [2.24, 2.45) is 11.8 Å². The lowest BCUT2D eigenvalue weighted by molar-refractivity contribution is 0.0380. The molecular weight excluding hydrogens is 382 g/mol. The normalized spacial score (nSPS) is 16.3. The van der Waals surface area contributed by atoms with E-state index >= 15 is 0 Å². The number of rotatable bonds is 7. The molecule has 29 heavy (non-hydrogen) atoms. The number of hydrogen-bond donors (Lipinski definition) is 1. The Morgan fingerprint density at radius 2 is 2.03 bits per heavy atom. The molecule has 0 spiro atoms. The van der Waals surface area contributed by atoms with Gasteiger partial charge in [-0.25, -0.2) is 8.78 Å². The maximum Gasteiger partial charge on any atom is 0.276 e. The molecule has 2 aromatic rings. The quantitative estimate of drug-likeness (QED) is 0.754. The van der Waals surface area contributed by atoms with Crippen molar-refractivity contribution in [2.75, 3.05) is 13.1 Å². The van der Waals surface area contributed by atoms with E-state index in [-0.39, 0.29) is 41.7 Å². The number of ether oxygens (including phenoxy) is 1. The van der Waals surface area contributed by atoms with Crippen LogP contribution in [0.3, 0.4) is 0 Å². The summed E-state index contributed by atoms with van der Waals surface area (Å²) in [5.74, 6) is -0.967. The Kier molecular flexibility index (Phi) is 6.84. The number of halogens is 2. The van der Waals surface area contributed by atoms with E-state index in [4.69, 9.17) is 9.26 Å². The summed E-state index contributed by atoms with van der Waals surface area (Å²) in [5, 5.41) is 14.1. The van der Waals surface area contributed by atoms with Crippen molar-refractivity contribution in [3.05, 3.63) is 47.4 Å². The van der Waals surface area contributed by atoms with E-state index < -0.39 is 11.6 Å². The highest BCUT2D eigenvalue weighted by Gasteiger charge is 2.29. The molecule has 1 atom stereocenters. The molecular formula is C21H26F2N2O4. The predicted molar refractivity (Wildman–Crippen MR) is 101 cm³/mol. The highest BCUT2D eigenvalue weighted by atomic mass is 19.1. The number of amides is 1. The lowest BCUT2D eigenvalue weighted by atomic mass is 9.87. The molecule has 1 amide bonds. The molecule has 1 aliphatic heterocycles. The van der Waals surface area contributed by atoms with Crippen molar-refractivity contribution in [3.63, 3.8) is 0 Å². The fourth-order valence-corrected chi connectivity index (χ4v) is 3.55. The number of piperidine rings is 1. The van der Waals surface area contributed by atoms with Gasteiger partial charge in [0, 0.05) is 25.2 Å². The second-order valence-corrected chi connectivity index (χ2v) is 7.87. The van der Waals surface area contributed by atoms with E-state index in [0.717, 1.165) is 31.4 Å². The number of aliphatic hydroxyl groups is 1. The van der Waals surface area contributed by atoms with E-state index in [0.29, 0.717) is 19.0 Å². The summed E-state index contributed by atoms with van der Waals surface area (Å²) in [6.45, 7) is 5.14. The molecule has 1 aliphatic rings. The first-order valence-corrected chi connectivity index (χ1v) is 9.84. The van der Waals surface area contributed by atoms with Crippen LogP contribution in [-0.4, -0.2) is 40.3 Å². The third kappa shape index (κ3) is 5.53. The van der Waals surface area contributed by atoms with Gasteiger partial charge in [0.05, 0.1) is 6.10 Å². The minimum atomic E-state index is -0.816. The maximum atomic E-state index is 13.6. The summed E-state index contributed by atoms with van der Waals surface area (Å²) >= 11 is 0. The third-order valence-corrected chi connectivity index (χ3v) is 5.13. The Morgan fingerprint density at radius 3 is 2.69 bits per heavy atom. The van der Waals surface area contributed by atoms with Crippen LogP contribution in [0.4, 0.5) is 8.78 Å². The Hall–Kier alpha value is -2.48. The van der Waals surface area contributed by atoms with Crippen LogP contribution < -0.4 is 4.74 Å². The molecule has 8 heteroatoms. The number of likely N-dealkylation sites (tertiary alicyclic amines) is 1. The summed E-state index contributed by atoms with van der Waals surface area (Å²) in [5.41, 5.74) is 0.157. The molecule has 1 aromatic carbocycles. The lowest BCUT2D eigenvalue weighted by Gasteiger charge is -2.34. The molecule has 1 saturated heterocycles. The number of aliphatic hydroxyl groups excluding tert-OH is 1. The number of carbonyl (C=O) groups excluding carboxylic acids is 1. The molecule has 1 fully saturated rings. The van der Waals surface area contributed by atoms with Gasteiger partial charge in [0.1, 0.15) is 12.4 Å². The fourth-order valence-electron chi connectivity index (χ4n) is 3.55. The van der Waals surface area contributed by atoms with Crippen LogP contribution in [0, 0.1) is 23.5 Å². The van der Waals surface area contributed by atoms with E-state index in [2.05, 4.69) is 19.0 Å². The number of nitrogens with zero attached hydrogens (tertiary/aromatic N) is 2. The van der Waals surface area contributed by atoms with Crippen LogP contribution in [0.25, 0.3) is 0 Å². The van der Waals surface area contributed by atoms with Gasteiger partial charge in [0.2, 0.25) is 0 Å². The van der Waals surface area contributed by atoms with Crippen LogP contribution in [0.15, 0.2) is 28.8 Å². The molecule has 0 aliphatic carbocycles. The Labute approximate surface area is 168 Å². The zero-order valence-corrected chi connectivity index (χ0v) is 16.6. The van der Waals surface area contributed by atoms with Crippen LogP contribution in [0.5, 0.6) is 5.75 Å². The average molecular weight is 408 g/mol.